The summed E-state index contributed by atoms with van der Waals surface area (Å²) in [5.74, 6) is 0.804. The van der Waals surface area contributed by atoms with Gasteiger partial charge in [0.1, 0.15) is 0 Å². The van der Waals surface area contributed by atoms with Crippen molar-refractivity contribution in [2.24, 2.45) is 11.7 Å². The second kappa shape index (κ2) is 3.91. The summed E-state index contributed by atoms with van der Waals surface area (Å²) >= 11 is 0. The molecule has 0 aromatic carbocycles. The van der Waals surface area contributed by atoms with E-state index in [1.54, 1.807) is 0 Å². The topological polar surface area (TPSA) is 26.0 Å². The molecule has 1 rings (SSSR count). The molecule has 0 heterocycles. The predicted molar refractivity (Wildman–Crippen MR) is 49.4 cm³/mol. The van der Waals surface area contributed by atoms with Gasteiger partial charge in [0, 0.05) is 6.04 Å². The highest BCUT2D eigenvalue weighted by Crippen LogP contribution is 2.30. The summed E-state index contributed by atoms with van der Waals surface area (Å²) < 4.78 is 0. The molecule has 1 aliphatic carbocycles. The zero-order valence-corrected chi connectivity index (χ0v) is 7.47. The van der Waals surface area contributed by atoms with E-state index in [4.69, 9.17) is 5.73 Å². The molecule has 0 radical (unpaired) electrons. The highest BCUT2D eigenvalue weighted by atomic mass is 14.7. The summed E-state index contributed by atoms with van der Waals surface area (Å²) in [5, 5.41) is 0. The van der Waals surface area contributed by atoms with Crippen molar-refractivity contribution in [1.82, 2.24) is 0 Å². The lowest BCUT2D eigenvalue weighted by Gasteiger charge is -2.31. The maximum Gasteiger partial charge on any atom is 0.0104 e. The molecule has 1 heteroatoms. The van der Waals surface area contributed by atoms with E-state index in [-0.39, 0.29) is 0 Å². The minimum atomic E-state index is 0.399. The first kappa shape index (κ1) is 8.79. The molecule has 64 valence electrons. The number of hydrogen-bond donors (Lipinski definition) is 1. The second-order valence-electron chi connectivity index (χ2n) is 3.66. The average Bonchev–Trinajstić information content (AvgIpc) is 1.83. The molecule has 0 aliphatic heterocycles. The summed E-state index contributed by atoms with van der Waals surface area (Å²) in [6.45, 7) is 6.12. The standard InChI is InChI=1S/C10H19N/c1-3-8(2)7-10(11)9-5-4-6-9/h9-10H,2-7,11H2,1H3. The Morgan fingerprint density at radius 2 is 2.27 bits per heavy atom. The molecular formula is C10H19N. The van der Waals surface area contributed by atoms with Crippen LogP contribution in [0.3, 0.4) is 0 Å². The van der Waals surface area contributed by atoms with Crippen LogP contribution in [-0.2, 0) is 0 Å². The van der Waals surface area contributed by atoms with Crippen molar-refractivity contribution in [1.29, 1.82) is 0 Å². The molecule has 0 saturated heterocycles. The molecule has 11 heavy (non-hydrogen) atoms. The second-order valence-corrected chi connectivity index (χ2v) is 3.66. The molecule has 0 amide bonds. The largest absolute Gasteiger partial charge is 0.327 e. The van der Waals surface area contributed by atoms with Gasteiger partial charge in [-0.3, -0.25) is 0 Å². The Hall–Kier alpha value is -0.300. The quantitative estimate of drug-likeness (QED) is 0.617. The molecule has 2 N–H and O–H groups in total. The monoisotopic (exact) mass is 153 g/mol. The smallest absolute Gasteiger partial charge is 0.0104 e. The van der Waals surface area contributed by atoms with Gasteiger partial charge in [0.25, 0.3) is 0 Å². The van der Waals surface area contributed by atoms with E-state index >= 15 is 0 Å². The molecule has 0 bridgehead atoms. The van der Waals surface area contributed by atoms with Crippen LogP contribution in [0.2, 0.25) is 0 Å². The Morgan fingerprint density at radius 1 is 1.64 bits per heavy atom. The zero-order chi connectivity index (χ0) is 8.27. The first-order chi connectivity index (χ1) is 5.24. The Labute approximate surface area is 69.7 Å². The predicted octanol–water partition coefficient (Wildman–Crippen LogP) is 2.47. The van der Waals surface area contributed by atoms with Gasteiger partial charge in [-0.25, -0.2) is 0 Å². The minimum absolute atomic E-state index is 0.399. The molecule has 0 spiro atoms. The van der Waals surface area contributed by atoms with Gasteiger partial charge in [-0.1, -0.05) is 25.5 Å². The number of hydrogen-bond acceptors (Lipinski definition) is 1. The normalized spacial score (nSPS) is 20.9. The number of rotatable bonds is 4. The van der Waals surface area contributed by atoms with Gasteiger partial charge >= 0.3 is 0 Å². The van der Waals surface area contributed by atoms with Crippen LogP contribution in [0.5, 0.6) is 0 Å². The van der Waals surface area contributed by atoms with Crippen LogP contribution in [0.15, 0.2) is 12.2 Å². The fraction of sp³-hybridized carbons (Fsp3) is 0.800. The van der Waals surface area contributed by atoms with E-state index in [1.165, 1.54) is 24.8 Å². The van der Waals surface area contributed by atoms with E-state index in [0.29, 0.717) is 6.04 Å². The maximum absolute atomic E-state index is 5.99. The Bertz CT molecular complexity index is 136. The van der Waals surface area contributed by atoms with Crippen LogP contribution in [0, 0.1) is 5.92 Å². The third-order valence-corrected chi connectivity index (χ3v) is 2.78. The fourth-order valence-electron chi connectivity index (χ4n) is 1.51. The van der Waals surface area contributed by atoms with Gasteiger partial charge in [-0.15, -0.1) is 0 Å². The first-order valence-corrected chi connectivity index (χ1v) is 4.66. The summed E-state index contributed by atoms with van der Waals surface area (Å²) in [6.07, 6.45) is 6.20. The van der Waals surface area contributed by atoms with Crippen molar-refractivity contribution in [2.45, 2.75) is 45.1 Å². The summed E-state index contributed by atoms with van der Waals surface area (Å²) in [7, 11) is 0. The molecule has 1 saturated carbocycles. The van der Waals surface area contributed by atoms with Crippen molar-refractivity contribution in [3.05, 3.63) is 12.2 Å². The van der Waals surface area contributed by atoms with Crippen molar-refractivity contribution >= 4 is 0 Å². The fourth-order valence-corrected chi connectivity index (χ4v) is 1.51. The average molecular weight is 153 g/mol. The van der Waals surface area contributed by atoms with Gasteiger partial charge in [-0.05, 0) is 31.6 Å². The molecular weight excluding hydrogens is 134 g/mol. The van der Waals surface area contributed by atoms with Gasteiger partial charge in [-0.2, -0.15) is 0 Å². The zero-order valence-electron chi connectivity index (χ0n) is 7.47. The molecule has 1 unspecified atom stereocenters. The van der Waals surface area contributed by atoms with Crippen LogP contribution < -0.4 is 5.73 Å². The Balaban J connectivity index is 2.19. The Morgan fingerprint density at radius 3 is 2.64 bits per heavy atom. The maximum atomic E-state index is 5.99. The van der Waals surface area contributed by atoms with Gasteiger partial charge in [0.05, 0.1) is 0 Å². The van der Waals surface area contributed by atoms with E-state index in [2.05, 4.69) is 13.5 Å². The van der Waals surface area contributed by atoms with Crippen LogP contribution in [0.4, 0.5) is 0 Å². The SMILES string of the molecule is C=C(CC)CC(N)C1CCC1. The lowest BCUT2D eigenvalue weighted by atomic mass is 9.78. The van der Waals surface area contributed by atoms with Crippen molar-refractivity contribution in [2.75, 3.05) is 0 Å². The molecule has 0 aromatic rings. The lowest BCUT2D eigenvalue weighted by molar-refractivity contribution is 0.259. The molecule has 1 atom stereocenters. The summed E-state index contributed by atoms with van der Waals surface area (Å²) in [6, 6.07) is 0.399. The first-order valence-electron chi connectivity index (χ1n) is 4.66. The van der Waals surface area contributed by atoms with Gasteiger partial charge in [0.2, 0.25) is 0 Å². The van der Waals surface area contributed by atoms with Crippen molar-refractivity contribution in [3.8, 4) is 0 Å². The van der Waals surface area contributed by atoms with E-state index in [0.717, 1.165) is 18.8 Å². The van der Waals surface area contributed by atoms with Crippen LogP contribution >= 0.6 is 0 Å². The molecule has 1 fully saturated rings. The molecule has 1 nitrogen and oxygen atoms in total. The number of nitrogens with two attached hydrogens (primary N) is 1. The highest BCUT2D eigenvalue weighted by Gasteiger charge is 2.24. The van der Waals surface area contributed by atoms with E-state index < -0.39 is 0 Å². The summed E-state index contributed by atoms with van der Waals surface area (Å²) in [4.78, 5) is 0. The molecule has 1 aliphatic rings. The Kier molecular flexibility index (Phi) is 3.13. The third kappa shape index (κ3) is 2.33. The highest BCUT2D eigenvalue weighted by molar-refractivity contribution is 4.98. The minimum Gasteiger partial charge on any atom is -0.327 e. The third-order valence-electron chi connectivity index (χ3n) is 2.78. The molecule has 0 aromatic heterocycles. The van der Waals surface area contributed by atoms with Crippen LogP contribution in [0.1, 0.15) is 39.0 Å². The van der Waals surface area contributed by atoms with E-state index in [9.17, 15) is 0 Å². The van der Waals surface area contributed by atoms with Crippen molar-refractivity contribution < 1.29 is 0 Å². The van der Waals surface area contributed by atoms with Crippen LogP contribution in [0.25, 0.3) is 0 Å². The summed E-state index contributed by atoms with van der Waals surface area (Å²) in [5.41, 5.74) is 7.30. The van der Waals surface area contributed by atoms with E-state index in [1.807, 2.05) is 0 Å². The van der Waals surface area contributed by atoms with Gasteiger partial charge < -0.3 is 5.73 Å². The lowest BCUT2D eigenvalue weighted by Crippen LogP contribution is -2.34. The van der Waals surface area contributed by atoms with Crippen molar-refractivity contribution in [3.63, 3.8) is 0 Å². The van der Waals surface area contributed by atoms with Crippen LogP contribution in [-0.4, -0.2) is 6.04 Å². The van der Waals surface area contributed by atoms with Gasteiger partial charge in [0.15, 0.2) is 0 Å².